The van der Waals surface area contributed by atoms with Crippen LogP contribution in [0.25, 0.3) is 11.5 Å². The van der Waals surface area contributed by atoms with E-state index in [4.69, 9.17) is 13.4 Å². The van der Waals surface area contributed by atoms with Crippen molar-refractivity contribution in [2.24, 2.45) is 5.92 Å². The van der Waals surface area contributed by atoms with E-state index in [9.17, 15) is 19.5 Å². The lowest BCUT2D eigenvalue weighted by Crippen LogP contribution is -2.29. The van der Waals surface area contributed by atoms with E-state index in [0.717, 1.165) is 12.8 Å². The summed E-state index contributed by atoms with van der Waals surface area (Å²) in [6, 6.07) is 5.28. The molecule has 1 aliphatic rings. The average molecular weight is 514 g/mol. The minimum absolute atomic E-state index is 0.00455. The van der Waals surface area contributed by atoms with Crippen LogP contribution in [0.4, 0.5) is 17.2 Å². The quantitative estimate of drug-likeness (QED) is 0.261. The molecule has 194 valence electrons. The van der Waals surface area contributed by atoms with E-state index in [2.05, 4.69) is 36.3 Å². The molecule has 0 bridgehead atoms. The number of benzene rings is 1. The maximum atomic E-state index is 12.7. The number of nitrogens with zero attached hydrogens (tertiary/aromatic N) is 4. The van der Waals surface area contributed by atoms with Crippen LogP contribution in [-0.2, 0) is 9.59 Å². The molecular formula is C23H26N8O6. The molecule has 37 heavy (non-hydrogen) atoms. The molecule has 1 aromatic carbocycles. The Morgan fingerprint density at radius 2 is 2.08 bits per heavy atom. The molecule has 0 saturated heterocycles. The fourth-order valence-electron chi connectivity index (χ4n) is 3.44. The first-order valence-corrected chi connectivity index (χ1v) is 11.2. The van der Waals surface area contributed by atoms with Crippen molar-refractivity contribution < 1.29 is 32.9 Å². The minimum Gasteiger partial charge on any atom is -0.494 e. The number of carbonyl (C=O) groups is 3. The van der Waals surface area contributed by atoms with Crippen molar-refractivity contribution in [3.8, 4) is 17.2 Å². The van der Waals surface area contributed by atoms with E-state index >= 15 is 0 Å². The lowest BCUT2D eigenvalue weighted by Gasteiger charge is -2.16. The van der Waals surface area contributed by atoms with Crippen molar-refractivity contribution in [1.82, 2.24) is 31.0 Å². The molecule has 0 unspecified atom stereocenters. The van der Waals surface area contributed by atoms with Gasteiger partial charge in [0.15, 0.2) is 23.1 Å². The molecule has 5 N–H and O–H groups in total. The highest BCUT2D eigenvalue weighted by Crippen LogP contribution is 2.38. The third-order valence-electron chi connectivity index (χ3n) is 5.35. The van der Waals surface area contributed by atoms with Crippen LogP contribution in [0.5, 0.6) is 5.75 Å². The number of amides is 3. The van der Waals surface area contributed by atoms with Gasteiger partial charge >= 0.3 is 0 Å². The first-order valence-electron chi connectivity index (χ1n) is 12.7. The number of methoxy groups -OCH3 is 1. The van der Waals surface area contributed by atoms with Gasteiger partial charge in [0.05, 0.1) is 30.7 Å². The lowest BCUT2D eigenvalue weighted by atomic mass is 10.1. The third-order valence-corrected chi connectivity index (χ3v) is 5.35. The number of nitrogens with one attached hydrogen (secondary N) is 4. The fourth-order valence-corrected chi connectivity index (χ4v) is 3.44. The molecule has 14 heteroatoms. The van der Waals surface area contributed by atoms with Crippen LogP contribution in [0.3, 0.4) is 0 Å². The summed E-state index contributed by atoms with van der Waals surface area (Å²) in [4.78, 5) is 40.7. The summed E-state index contributed by atoms with van der Waals surface area (Å²) in [7, 11) is 1.38. The van der Waals surface area contributed by atoms with Crippen molar-refractivity contribution in [3.05, 3.63) is 35.8 Å². The Hall–Kier alpha value is -4.59. The molecule has 1 fully saturated rings. The highest BCUT2D eigenvalue weighted by atomic mass is 16.5. The Bertz CT molecular complexity index is 1430. The Kier molecular flexibility index (Phi) is 6.44. The van der Waals surface area contributed by atoms with E-state index < -0.39 is 31.4 Å². The number of para-hydroxylation sites is 1. The van der Waals surface area contributed by atoms with E-state index in [1.165, 1.54) is 20.1 Å². The second-order valence-corrected chi connectivity index (χ2v) is 8.11. The zero-order chi connectivity index (χ0) is 29.0. The van der Waals surface area contributed by atoms with Gasteiger partial charge in [0.2, 0.25) is 11.8 Å². The van der Waals surface area contributed by atoms with Crippen LogP contribution in [-0.4, -0.2) is 63.9 Å². The van der Waals surface area contributed by atoms with Gasteiger partial charge in [-0.05, 0) is 25.0 Å². The molecule has 0 radical (unpaired) electrons. The number of hydrogen-bond donors (Lipinski definition) is 5. The summed E-state index contributed by atoms with van der Waals surface area (Å²) >= 11 is 0. The van der Waals surface area contributed by atoms with Crippen molar-refractivity contribution in [1.29, 1.82) is 0 Å². The number of hydrogen-bond acceptors (Lipinski definition) is 11. The monoisotopic (exact) mass is 513 g/mol. The van der Waals surface area contributed by atoms with Gasteiger partial charge in [0.25, 0.3) is 11.8 Å². The van der Waals surface area contributed by atoms with E-state index in [1.54, 1.807) is 18.2 Å². The van der Waals surface area contributed by atoms with Crippen molar-refractivity contribution in [3.63, 3.8) is 0 Å². The number of rotatable bonds is 10. The Labute approximate surface area is 215 Å². The molecular weight excluding hydrogens is 484 g/mol. The van der Waals surface area contributed by atoms with Gasteiger partial charge in [0.1, 0.15) is 6.04 Å². The van der Waals surface area contributed by atoms with Gasteiger partial charge < -0.3 is 35.6 Å². The second-order valence-electron chi connectivity index (χ2n) is 8.11. The largest absolute Gasteiger partial charge is 0.494 e. The van der Waals surface area contributed by atoms with Gasteiger partial charge in [-0.15, -0.1) is 10.2 Å². The Morgan fingerprint density at radius 3 is 2.76 bits per heavy atom. The summed E-state index contributed by atoms with van der Waals surface area (Å²) in [5.41, 5.74) is 0.281. The van der Waals surface area contributed by atoms with Crippen LogP contribution in [0.1, 0.15) is 46.2 Å². The van der Waals surface area contributed by atoms with Gasteiger partial charge in [-0.1, -0.05) is 11.2 Å². The fraction of sp³-hybridized carbons (Fsp3) is 0.348. The molecule has 3 aromatic rings. The molecule has 1 saturated carbocycles. The van der Waals surface area contributed by atoms with Crippen LogP contribution in [0, 0.1) is 5.92 Å². The highest BCUT2D eigenvalue weighted by molar-refractivity contribution is 6.00. The smallest absolute Gasteiger partial charge is 0.273 e. The summed E-state index contributed by atoms with van der Waals surface area (Å²) in [5, 5.41) is 31.1. The maximum absolute atomic E-state index is 12.7. The van der Waals surface area contributed by atoms with Gasteiger partial charge in [-0.3, -0.25) is 14.4 Å². The standard InChI is InChI=1S/C23H26N8O6/c1-11(33)25-16(10-32)20-28-23(37-31-20)13-5-4-6-14(19(13)36-3)26-15-9-17(27-21(34)12-7-8-12)29-30-18(15)22(35)24-2/h4-6,9,12,16,32H,7-8,10H2,1-3H3,(H,24,35)(H,25,33)(H2,26,27,29,34)/t16-/m1/s1/i2D3. The van der Waals surface area contributed by atoms with Gasteiger partial charge in [-0.25, -0.2) is 0 Å². The Balaban J connectivity index is 1.70. The van der Waals surface area contributed by atoms with Crippen LogP contribution < -0.4 is 26.0 Å². The minimum atomic E-state index is -2.79. The summed E-state index contributed by atoms with van der Waals surface area (Å²) in [6.07, 6.45) is 1.52. The van der Waals surface area contributed by atoms with E-state index in [1.807, 2.05) is 5.32 Å². The summed E-state index contributed by atoms with van der Waals surface area (Å²) in [6.45, 7) is -1.97. The summed E-state index contributed by atoms with van der Waals surface area (Å²) in [5.74, 6) is -1.51. The molecule has 14 nitrogen and oxygen atoms in total. The average Bonchev–Trinajstić information content (AvgIpc) is 3.63. The number of anilines is 3. The molecule has 4 rings (SSSR count). The normalized spacial score (nSPS) is 14.9. The molecule has 2 aromatic heterocycles. The predicted octanol–water partition coefficient (Wildman–Crippen LogP) is 1.16. The highest BCUT2D eigenvalue weighted by Gasteiger charge is 2.30. The molecule has 1 aliphatic carbocycles. The topological polar surface area (TPSA) is 193 Å². The molecule has 1 atom stereocenters. The van der Waals surface area contributed by atoms with E-state index in [0.29, 0.717) is 5.56 Å². The molecule has 0 aliphatic heterocycles. The van der Waals surface area contributed by atoms with E-state index in [-0.39, 0.29) is 52.2 Å². The van der Waals surface area contributed by atoms with Gasteiger partial charge in [-0.2, -0.15) is 4.98 Å². The van der Waals surface area contributed by atoms with Crippen molar-refractivity contribution in [2.45, 2.75) is 25.8 Å². The zero-order valence-electron chi connectivity index (χ0n) is 22.9. The van der Waals surface area contributed by atoms with Crippen molar-refractivity contribution in [2.75, 3.05) is 31.3 Å². The SMILES string of the molecule is [2H]C([2H])([2H])NC(=O)c1nnc(NC(=O)C2CC2)cc1Nc1cccc(-c2nc([C@@H](CO)NC(C)=O)no2)c1OC. The molecule has 0 spiro atoms. The first kappa shape index (κ1) is 21.7. The molecule has 3 amide bonds. The first-order chi connectivity index (χ1) is 19.0. The number of ether oxygens (including phenoxy) is 1. The van der Waals surface area contributed by atoms with Crippen LogP contribution in [0.2, 0.25) is 0 Å². The number of aliphatic hydroxyl groups is 1. The predicted molar refractivity (Wildman–Crippen MR) is 130 cm³/mol. The number of aliphatic hydroxyl groups excluding tert-OH is 1. The van der Waals surface area contributed by atoms with Crippen LogP contribution >= 0.6 is 0 Å². The number of aromatic nitrogens is 4. The second kappa shape index (κ2) is 11.0. The Morgan fingerprint density at radius 1 is 1.27 bits per heavy atom. The molecule has 2 heterocycles. The van der Waals surface area contributed by atoms with Gasteiger partial charge in [0, 0.05) is 30.0 Å². The van der Waals surface area contributed by atoms with Crippen molar-refractivity contribution >= 4 is 34.9 Å². The maximum Gasteiger partial charge on any atom is 0.273 e. The lowest BCUT2D eigenvalue weighted by molar-refractivity contribution is -0.120. The third kappa shape index (κ3) is 5.81. The summed E-state index contributed by atoms with van der Waals surface area (Å²) < 4.78 is 33.0. The zero-order valence-corrected chi connectivity index (χ0v) is 19.9. The van der Waals surface area contributed by atoms with Crippen LogP contribution in [0.15, 0.2) is 28.8 Å². The number of carbonyl (C=O) groups excluding carboxylic acids is 3.